The topological polar surface area (TPSA) is 28.6 Å². The quantitative estimate of drug-likeness (QED) is 0.243. The Bertz CT molecular complexity index is 895. The SMILES string of the molecule is CC[C-]=CC=[C-]N1CCC(N(c2ccc(C(F)(F)P)cc2)c2cnccc2OC)CC1.[CH3-].[K+]. The number of allylic oxidation sites excluding steroid dienone is 3. The van der Waals surface area contributed by atoms with Crippen LogP contribution in [0.15, 0.2) is 54.9 Å². The van der Waals surface area contributed by atoms with Gasteiger partial charge in [-0.15, -0.1) is 6.42 Å². The number of hydrogen-bond acceptors (Lipinski definition) is 4. The summed E-state index contributed by atoms with van der Waals surface area (Å²) in [5, 5.41) is 0. The summed E-state index contributed by atoms with van der Waals surface area (Å²) in [5.41, 5.74) is -1.32. The zero-order valence-corrected chi connectivity index (χ0v) is 24.2. The summed E-state index contributed by atoms with van der Waals surface area (Å²) in [6.45, 7) is 3.74. The van der Waals surface area contributed by atoms with Crippen LogP contribution < -0.4 is 61.0 Å². The third-order valence-corrected chi connectivity index (χ3v) is 5.60. The number of hydrogen-bond donors (Lipinski definition) is 0. The van der Waals surface area contributed by atoms with Crippen LogP contribution in [0.3, 0.4) is 0 Å². The molecule has 1 saturated heterocycles. The zero-order valence-electron chi connectivity index (χ0n) is 19.9. The van der Waals surface area contributed by atoms with Crippen LogP contribution >= 0.6 is 9.24 Å². The molecule has 8 heteroatoms. The molecule has 1 fully saturated rings. The van der Waals surface area contributed by atoms with Crippen LogP contribution in [0.1, 0.15) is 31.7 Å². The van der Waals surface area contributed by atoms with E-state index in [-0.39, 0.29) is 70.4 Å². The second kappa shape index (κ2) is 14.5. The average molecular weight is 498 g/mol. The summed E-state index contributed by atoms with van der Waals surface area (Å²) >= 11 is 0. The second-order valence-electron chi connectivity index (χ2n) is 7.33. The third-order valence-electron chi connectivity index (χ3n) is 5.26. The molecule has 2 heterocycles. The first-order chi connectivity index (χ1) is 14.9. The van der Waals surface area contributed by atoms with E-state index < -0.39 is 5.66 Å². The molecule has 1 atom stereocenters. The van der Waals surface area contributed by atoms with E-state index >= 15 is 0 Å². The summed E-state index contributed by atoms with van der Waals surface area (Å²) in [7, 11) is 3.21. The fourth-order valence-corrected chi connectivity index (χ4v) is 3.88. The van der Waals surface area contributed by atoms with Crippen molar-refractivity contribution < 1.29 is 64.9 Å². The van der Waals surface area contributed by atoms with Crippen molar-refractivity contribution in [3.8, 4) is 5.75 Å². The van der Waals surface area contributed by atoms with Gasteiger partial charge < -0.3 is 40.2 Å². The van der Waals surface area contributed by atoms with Gasteiger partial charge in [0.1, 0.15) is 11.4 Å². The van der Waals surface area contributed by atoms with Crippen LogP contribution in [0.4, 0.5) is 20.2 Å². The minimum absolute atomic E-state index is 0. The molecule has 1 aliphatic rings. The summed E-state index contributed by atoms with van der Waals surface area (Å²) in [6.07, 6.45) is 16.3. The molecule has 3 rings (SSSR count). The van der Waals surface area contributed by atoms with E-state index in [1.807, 2.05) is 25.1 Å². The van der Waals surface area contributed by atoms with Gasteiger partial charge in [-0.25, -0.2) is 0 Å². The van der Waals surface area contributed by atoms with Gasteiger partial charge in [0.15, 0.2) is 0 Å². The molecular formula is C25H31F2KN3OP-2. The molecular weight excluding hydrogens is 466 g/mol. The smallest absolute Gasteiger partial charge is 0.494 e. The maximum absolute atomic E-state index is 13.7. The number of benzene rings is 1. The predicted molar refractivity (Wildman–Crippen MR) is 130 cm³/mol. The third kappa shape index (κ3) is 8.41. The van der Waals surface area contributed by atoms with E-state index in [1.165, 1.54) is 12.1 Å². The number of aromatic nitrogens is 1. The zero-order chi connectivity index (χ0) is 22.3. The van der Waals surface area contributed by atoms with Crippen molar-refractivity contribution >= 4 is 20.6 Å². The van der Waals surface area contributed by atoms with Crippen LogP contribution in [0, 0.1) is 19.7 Å². The Morgan fingerprint density at radius 2 is 1.88 bits per heavy atom. The van der Waals surface area contributed by atoms with Crippen molar-refractivity contribution in [1.29, 1.82) is 0 Å². The monoisotopic (exact) mass is 497 g/mol. The van der Waals surface area contributed by atoms with E-state index in [2.05, 4.69) is 27.1 Å². The van der Waals surface area contributed by atoms with E-state index in [1.54, 1.807) is 40.9 Å². The number of anilines is 2. The van der Waals surface area contributed by atoms with Crippen molar-refractivity contribution in [2.24, 2.45) is 0 Å². The molecule has 2 aromatic rings. The molecule has 1 aromatic heterocycles. The van der Waals surface area contributed by atoms with Gasteiger partial charge in [0.05, 0.1) is 13.3 Å². The van der Waals surface area contributed by atoms with Crippen molar-refractivity contribution in [1.82, 2.24) is 9.88 Å². The molecule has 1 aromatic carbocycles. The van der Waals surface area contributed by atoms with Gasteiger partial charge in [-0.05, 0) is 25.0 Å². The van der Waals surface area contributed by atoms with E-state index in [0.717, 1.165) is 43.7 Å². The molecule has 0 spiro atoms. The standard InChI is InChI=1S/C24H28F2N3OP.CH3.K/c1-3-4-5-6-15-28-16-12-21(13-17-28)29(22-18-27-14-11-23(22)30-2)20-9-7-19(8-10-20)24(25,26)31;;/h5-11,14,18,21H,3,12-13,16-17,31H2,1-2H3;1H3;/q-2;-1;+1. The Balaban J connectivity index is 0.00000272. The number of methoxy groups -OCH3 is 1. The predicted octanol–water partition coefficient (Wildman–Crippen LogP) is 3.16. The Morgan fingerprint density at radius 3 is 2.45 bits per heavy atom. The van der Waals surface area contributed by atoms with Crippen LogP contribution in [0.25, 0.3) is 0 Å². The van der Waals surface area contributed by atoms with Crippen LogP contribution in [0.5, 0.6) is 5.75 Å². The van der Waals surface area contributed by atoms with Crippen LogP contribution in [0.2, 0.25) is 0 Å². The molecule has 4 nitrogen and oxygen atoms in total. The van der Waals surface area contributed by atoms with Gasteiger partial charge in [-0.2, -0.15) is 8.78 Å². The second-order valence-corrected chi connectivity index (χ2v) is 8.05. The fourth-order valence-electron chi connectivity index (χ4n) is 3.69. The van der Waals surface area contributed by atoms with Gasteiger partial charge in [-0.1, -0.05) is 28.3 Å². The number of halogens is 2. The van der Waals surface area contributed by atoms with Crippen LogP contribution in [-0.4, -0.2) is 36.1 Å². The summed E-state index contributed by atoms with van der Waals surface area (Å²) < 4.78 is 32.9. The van der Waals surface area contributed by atoms with Gasteiger partial charge in [-0.3, -0.25) is 11.2 Å². The minimum atomic E-state index is -2.95. The minimum Gasteiger partial charge on any atom is -0.494 e. The first-order valence-corrected chi connectivity index (χ1v) is 11.0. The first-order valence-electron chi connectivity index (χ1n) is 10.4. The Morgan fingerprint density at radius 1 is 1.21 bits per heavy atom. The molecule has 0 aliphatic carbocycles. The Kier molecular flexibility index (Phi) is 13.3. The molecule has 1 unspecified atom stereocenters. The molecule has 0 N–H and O–H groups in total. The molecule has 0 amide bonds. The fraction of sp³-hybridized carbons (Fsp3) is 0.360. The molecule has 0 bridgehead atoms. The number of rotatable bonds is 8. The van der Waals surface area contributed by atoms with E-state index in [0.29, 0.717) is 5.75 Å². The maximum atomic E-state index is 13.7. The number of alkyl halides is 2. The Labute approximate surface area is 242 Å². The first kappa shape index (κ1) is 30.2. The molecule has 33 heavy (non-hydrogen) atoms. The molecule has 0 radical (unpaired) electrons. The summed E-state index contributed by atoms with van der Waals surface area (Å²) in [5.74, 6) is 0.699. The van der Waals surface area contributed by atoms with Gasteiger partial charge in [0, 0.05) is 42.6 Å². The number of likely N-dealkylation sites (tertiary alicyclic amines) is 1. The number of pyridine rings is 1. The normalized spacial score (nSPS) is 14.8. The number of piperidine rings is 1. The summed E-state index contributed by atoms with van der Waals surface area (Å²) in [6, 6.07) is 8.42. The van der Waals surface area contributed by atoms with Gasteiger partial charge in [0.25, 0.3) is 5.66 Å². The molecule has 1 aliphatic heterocycles. The van der Waals surface area contributed by atoms with Crippen LogP contribution in [-0.2, 0) is 5.66 Å². The maximum Gasteiger partial charge on any atom is 1.00 e. The van der Waals surface area contributed by atoms with Crippen molar-refractivity contribution in [3.05, 3.63) is 80.1 Å². The Hall–Kier alpha value is -0.824. The largest absolute Gasteiger partial charge is 1.00 e. The molecule has 0 saturated carbocycles. The van der Waals surface area contributed by atoms with E-state index in [4.69, 9.17) is 4.74 Å². The number of nitrogens with zero attached hydrogens (tertiary/aromatic N) is 3. The molecule has 174 valence electrons. The van der Waals surface area contributed by atoms with Crippen molar-refractivity contribution in [3.63, 3.8) is 0 Å². The van der Waals surface area contributed by atoms with Gasteiger partial charge in [0.2, 0.25) is 0 Å². The summed E-state index contributed by atoms with van der Waals surface area (Å²) in [4.78, 5) is 8.60. The van der Waals surface area contributed by atoms with E-state index in [9.17, 15) is 8.78 Å². The average Bonchev–Trinajstić information content (AvgIpc) is 2.78. The van der Waals surface area contributed by atoms with Crippen molar-refractivity contribution in [2.45, 2.75) is 37.9 Å². The van der Waals surface area contributed by atoms with Crippen molar-refractivity contribution in [2.75, 3.05) is 25.1 Å². The number of ether oxygens (including phenoxy) is 1. The van der Waals surface area contributed by atoms with Gasteiger partial charge >= 0.3 is 51.4 Å².